The van der Waals surface area contributed by atoms with Gasteiger partial charge in [-0.25, -0.2) is 0 Å². The lowest BCUT2D eigenvalue weighted by atomic mass is 9.93. The van der Waals surface area contributed by atoms with E-state index in [1.165, 1.54) is 0 Å². The summed E-state index contributed by atoms with van der Waals surface area (Å²) in [6.07, 6.45) is 1.82. The van der Waals surface area contributed by atoms with Crippen LogP contribution in [0, 0.1) is 11.8 Å². The normalized spacial score (nSPS) is 25.6. The van der Waals surface area contributed by atoms with Crippen LogP contribution in [-0.4, -0.2) is 25.7 Å². The van der Waals surface area contributed by atoms with Crippen molar-refractivity contribution in [3.8, 4) is 0 Å². The lowest BCUT2D eigenvalue weighted by Gasteiger charge is -2.13. The first kappa shape index (κ1) is 9.48. The fraction of sp³-hybridized carbons (Fsp3) is 0.875. The fourth-order valence-electron chi connectivity index (χ4n) is 1.50. The van der Waals surface area contributed by atoms with Crippen LogP contribution in [0.4, 0.5) is 0 Å². The Labute approximate surface area is 72.2 Å². The van der Waals surface area contributed by atoms with Gasteiger partial charge in [-0.05, 0) is 18.8 Å². The standard InChI is InChI=1S/C8H16N2O2/c9-4-7(8(10)11)3-6-1-2-12-5-6/h6-7H,1-5,9H2,(H2,10,11). The molecule has 4 heteroatoms. The molecule has 1 aliphatic heterocycles. The molecule has 0 aliphatic carbocycles. The van der Waals surface area contributed by atoms with Gasteiger partial charge in [0.15, 0.2) is 0 Å². The van der Waals surface area contributed by atoms with E-state index >= 15 is 0 Å². The average molecular weight is 172 g/mol. The van der Waals surface area contributed by atoms with Crippen molar-refractivity contribution in [3.63, 3.8) is 0 Å². The van der Waals surface area contributed by atoms with E-state index in [1.807, 2.05) is 0 Å². The van der Waals surface area contributed by atoms with Gasteiger partial charge in [-0.3, -0.25) is 4.79 Å². The predicted octanol–water partition coefficient (Wildman–Crippen LogP) is -0.527. The zero-order chi connectivity index (χ0) is 8.97. The van der Waals surface area contributed by atoms with Crippen LogP contribution < -0.4 is 11.5 Å². The van der Waals surface area contributed by atoms with Crippen LogP contribution in [0.2, 0.25) is 0 Å². The summed E-state index contributed by atoms with van der Waals surface area (Å²) in [6, 6.07) is 0. The largest absolute Gasteiger partial charge is 0.381 e. The molecule has 12 heavy (non-hydrogen) atoms. The number of carbonyl (C=O) groups is 1. The second-order valence-electron chi connectivity index (χ2n) is 3.30. The highest BCUT2D eigenvalue weighted by Crippen LogP contribution is 2.20. The molecule has 2 unspecified atom stereocenters. The van der Waals surface area contributed by atoms with Gasteiger partial charge in [0.2, 0.25) is 5.91 Å². The van der Waals surface area contributed by atoms with Gasteiger partial charge in [0, 0.05) is 19.8 Å². The number of primary amides is 1. The molecule has 0 aromatic rings. The molecule has 1 heterocycles. The minimum absolute atomic E-state index is 0.170. The van der Waals surface area contributed by atoms with E-state index in [1.54, 1.807) is 0 Å². The van der Waals surface area contributed by atoms with Crippen molar-refractivity contribution in [3.05, 3.63) is 0 Å². The molecule has 1 rings (SSSR count). The molecule has 0 bridgehead atoms. The van der Waals surface area contributed by atoms with Crippen molar-refractivity contribution in [2.75, 3.05) is 19.8 Å². The summed E-state index contributed by atoms with van der Waals surface area (Å²) < 4.78 is 5.19. The van der Waals surface area contributed by atoms with Gasteiger partial charge in [0.1, 0.15) is 0 Å². The molecule has 0 aromatic carbocycles. The second kappa shape index (κ2) is 4.42. The summed E-state index contributed by atoms with van der Waals surface area (Å²) in [5.41, 5.74) is 10.6. The van der Waals surface area contributed by atoms with Crippen LogP contribution in [-0.2, 0) is 9.53 Å². The van der Waals surface area contributed by atoms with Crippen LogP contribution in [0.1, 0.15) is 12.8 Å². The molecule has 1 saturated heterocycles. The number of hydrogen-bond donors (Lipinski definition) is 2. The highest BCUT2D eigenvalue weighted by atomic mass is 16.5. The molecule has 0 spiro atoms. The van der Waals surface area contributed by atoms with Crippen molar-refractivity contribution in [2.45, 2.75) is 12.8 Å². The molecule has 0 saturated carbocycles. The zero-order valence-corrected chi connectivity index (χ0v) is 7.16. The van der Waals surface area contributed by atoms with Gasteiger partial charge in [-0.1, -0.05) is 0 Å². The van der Waals surface area contributed by atoms with Crippen molar-refractivity contribution < 1.29 is 9.53 Å². The summed E-state index contributed by atoms with van der Waals surface area (Å²) >= 11 is 0. The highest BCUT2D eigenvalue weighted by Gasteiger charge is 2.22. The SMILES string of the molecule is NCC(CC1CCOC1)C(N)=O. The minimum atomic E-state index is -0.288. The number of carbonyl (C=O) groups excluding carboxylic acids is 1. The maximum atomic E-state index is 10.8. The van der Waals surface area contributed by atoms with Crippen LogP contribution in [0.3, 0.4) is 0 Å². The predicted molar refractivity (Wildman–Crippen MR) is 45.3 cm³/mol. The molecule has 0 radical (unpaired) electrons. The van der Waals surface area contributed by atoms with Crippen molar-refractivity contribution >= 4 is 5.91 Å². The van der Waals surface area contributed by atoms with Gasteiger partial charge in [0.25, 0.3) is 0 Å². The number of hydrogen-bond acceptors (Lipinski definition) is 3. The molecular formula is C8H16N2O2. The highest BCUT2D eigenvalue weighted by molar-refractivity contribution is 5.76. The minimum Gasteiger partial charge on any atom is -0.381 e. The third kappa shape index (κ3) is 2.46. The van der Waals surface area contributed by atoms with E-state index in [0.29, 0.717) is 12.5 Å². The molecule has 1 amide bonds. The smallest absolute Gasteiger partial charge is 0.221 e. The second-order valence-corrected chi connectivity index (χ2v) is 3.30. The van der Waals surface area contributed by atoms with E-state index in [4.69, 9.17) is 16.2 Å². The summed E-state index contributed by atoms with van der Waals surface area (Å²) in [4.78, 5) is 10.8. The van der Waals surface area contributed by atoms with Gasteiger partial charge in [-0.15, -0.1) is 0 Å². The topological polar surface area (TPSA) is 78.3 Å². The third-order valence-corrected chi connectivity index (χ3v) is 2.33. The number of rotatable bonds is 4. The Morgan fingerprint density at radius 3 is 2.83 bits per heavy atom. The summed E-state index contributed by atoms with van der Waals surface area (Å²) in [5.74, 6) is 0.0205. The third-order valence-electron chi connectivity index (χ3n) is 2.33. The molecule has 4 N–H and O–H groups in total. The maximum Gasteiger partial charge on any atom is 0.221 e. The Kier molecular flexibility index (Phi) is 3.49. The van der Waals surface area contributed by atoms with E-state index in [0.717, 1.165) is 26.1 Å². The molecule has 4 nitrogen and oxygen atoms in total. The number of ether oxygens (including phenoxy) is 1. The summed E-state index contributed by atoms with van der Waals surface area (Å²) in [6.45, 7) is 1.91. The average Bonchev–Trinajstić information content (AvgIpc) is 2.51. The van der Waals surface area contributed by atoms with Crippen LogP contribution >= 0.6 is 0 Å². The first-order chi connectivity index (χ1) is 5.74. The fourth-order valence-corrected chi connectivity index (χ4v) is 1.50. The van der Waals surface area contributed by atoms with E-state index in [9.17, 15) is 4.79 Å². The number of amides is 1. The molecule has 2 atom stereocenters. The van der Waals surface area contributed by atoms with E-state index in [2.05, 4.69) is 0 Å². The molecular weight excluding hydrogens is 156 g/mol. The van der Waals surface area contributed by atoms with Crippen molar-refractivity contribution in [2.24, 2.45) is 23.3 Å². The van der Waals surface area contributed by atoms with Crippen LogP contribution in [0.5, 0.6) is 0 Å². The summed E-state index contributed by atoms with van der Waals surface area (Å²) in [5, 5.41) is 0. The Morgan fingerprint density at radius 2 is 2.42 bits per heavy atom. The Morgan fingerprint density at radius 1 is 1.67 bits per heavy atom. The van der Waals surface area contributed by atoms with E-state index < -0.39 is 0 Å². The van der Waals surface area contributed by atoms with Gasteiger partial charge in [0.05, 0.1) is 5.92 Å². The molecule has 1 aliphatic rings. The first-order valence-electron chi connectivity index (χ1n) is 4.31. The zero-order valence-electron chi connectivity index (χ0n) is 7.16. The Bertz CT molecular complexity index is 155. The van der Waals surface area contributed by atoms with Crippen molar-refractivity contribution in [1.82, 2.24) is 0 Å². The molecule has 1 fully saturated rings. The lowest BCUT2D eigenvalue weighted by molar-refractivity contribution is -0.122. The van der Waals surface area contributed by atoms with Crippen molar-refractivity contribution in [1.29, 1.82) is 0 Å². The summed E-state index contributed by atoms with van der Waals surface area (Å²) in [7, 11) is 0. The molecule has 0 aromatic heterocycles. The monoisotopic (exact) mass is 172 g/mol. The quantitative estimate of drug-likeness (QED) is 0.598. The Hall–Kier alpha value is -0.610. The van der Waals surface area contributed by atoms with E-state index in [-0.39, 0.29) is 11.8 Å². The maximum absolute atomic E-state index is 10.8. The van der Waals surface area contributed by atoms with Gasteiger partial charge < -0.3 is 16.2 Å². The number of nitrogens with two attached hydrogens (primary N) is 2. The first-order valence-corrected chi connectivity index (χ1v) is 4.31. The van der Waals surface area contributed by atoms with Crippen LogP contribution in [0.25, 0.3) is 0 Å². The lowest BCUT2D eigenvalue weighted by Crippen LogP contribution is -2.31. The van der Waals surface area contributed by atoms with Gasteiger partial charge >= 0.3 is 0 Å². The van der Waals surface area contributed by atoms with Gasteiger partial charge in [-0.2, -0.15) is 0 Å². The molecule has 70 valence electrons. The van der Waals surface area contributed by atoms with Crippen LogP contribution in [0.15, 0.2) is 0 Å². The Balaban J connectivity index is 2.30.